The van der Waals surface area contributed by atoms with Crippen LogP contribution in [-0.4, -0.2) is 51.3 Å². The Kier molecular flexibility index (Phi) is 7.98. The molecule has 2 N–H and O–H groups in total. The largest absolute Gasteiger partial charge is 0.454 e. The smallest absolute Gasteiger partial charge is 0.323 e. The van der Waals surface area contributed by atoms with Crippen molar-refractivity contribution in [1.82, 2.24) is 24.6 Å². The highest BCUT2D eigenvalue weighted by molar-refractivity contribution is 5.99. The number of benzene rings is 2. The third-order valence-electron chi connectivity index (χ3n) is 5.18. The summed E-state index contributed by atoms with van der Waals surface area (Å²) < 4.78 is 48.6. The molecule has 0 atom stereocenters. The first-order valence-corrected chi connectivity index (χ1v) is 11.3. The third kappa shape index (κ3) is 6.82. The lowest BCUT2D eigenvalue weighted by molar-refractivity contribution is 0.262. The molecule has 0 spiro atoms. The monoisotopic (exact) mass is 511 g/mol. The van der Waals surface area contributed by atoms with Crippen LogP contribution in [-0.2, 0) is 6.54 Å². The van der Waals surface area contributed by atoms with Gasteiger partial charge >= 0.3 is 6.03 Å². The number of urea groups is 1. The zero-order valence-electron chi connectivity index (χ0n) is 20.1. The Morgan fingerprint density at radius 1 is 0.973 bits per heavy atom. The van der Waals surface area contributed by atoms with Crippen LogP contribution in [0, 0.1) is 17.5 Å². The van der Waals surface area contributed by atoms with E-state index >= 15 is 0 Å². The second-order valence-electron chi connectivity index (χ2n) is 8.34. The molecule has 192 valence electrons. The number of hydrogen-bond acceptors (Lipinski definition) is 6. The molecule has 0 saturated heterocycles. The SMILES string of the molecule is CN(C)CCCn1cnnc1-c1cc(Oc2ccc(NC(=O)Nc3ccc(F)c(F)c3)cc2F)ccn1. The van der Waals surface area contributed by atoms with E-state index in [0.29, 0.717) is 23.8 Å². The second-order valence-corrected chi connectivity index (χ2v) is 8.34. The van der Waals surface area contributed by atoms with Crippen molar-refractivity contribution in [2.24, 2.45) is 0 Å². The van der Waals surface area contributed by atoms with Crippen LogP contribution in [0.1, 0.15) is 6.42 Å². The number of ether oxygens (including phenoxy) is 1. The van der Waals surface area contributed by atoms with Gasteiger partial charge in [0.05, 0.1) is 0 Å². The molecule has 9 nitrogen and oxygen atoms in total. The van der Waals surface area contributed by atoms with E-state index in [4.69, 9.17) is 4.74 Å². The number of carbonyl (C=O) groups is 1. The second kappa shape index (κ2) is 11.5. The molecule has 0 aliphatic heterocycles. The van der Waals surface area contributed by atoms with Gasteiger partial charge in [-0.1, -0.05) is 0 Å². The van der Waals surface area contributed by atoms with E-state index in [2.05, 4.69) is 30.7 Å². The average Bonchev–Trinajstić information content (AvgIpc) is 3.32. The molecule has 2 amide bonds. The Balaban J connectivity index is 1.41. The van der Waals surface area contributed by atoms with E-state index in [1.54, 1.807) is 18.5 Å². The topological polar surface area (TPSA) is 97.2 Å². The highest BCUT2D eigenvalue weighted by Crippen LogP contribution is 2.28. The quantitative estimate of drug-likeness (QED) is 0.323. The Morgan fingerprint density at radius 2 is 1.70 bits per heavy atom. The fraction of sp³-hybridized carbons (Fsp3) is 0.200. The number of halogens is 3. The van der Waals surface area contributed by atoms with E-state index in [1.807, 2.05) is 18.7 Å². The summed E-state index contributed by atoms with van der Waals surface area (Å²) in [6.45, 7) is 1.62. The predicted octanol–water partition coefficient (Wildman–Crippen LogP) is 5.15. The molecule has 12 heteroatoms. The van der Waals surface area contributed by atoms with Gasteiger partial charge in [-0.05, 0) is 57.4 Å². The molecule has 2 aromatic heterocycles. The van der Waals surface area contributed by atoms with E-state index < -0.39 is 23.5 Å². The first-order valence-electron chi connectivity index (χ1n) is 11.3. The van der Waals surface area contributed by atoms with E-state index in [9.17, 15) is 18.0 Å². The maximum atomic E-state index is 14.7. The van der Waals surface area contributed by atoms with Gasteiger partial charge in [-0.2, -0.15) is 0 Å². The summed E-state index contributed by atoms with van der Waals surface area (Å²) in [6.07, 6.45) is 4.06. The maximum absolute atomic E-state index is 14.7. The van der Waals surface area contributed by atoms with Crippen LogP contribution in [0.4, 0.5) is 29.3 Å². The van der Waals surface area contributed by atoms with Crippen molar-refractivity contribution >= 4 is 17.4 Å². The van der Waals surface area contributed by atoms with Gasteiger partial charge in [-0.25, -0.2) is 18.0 Å². The Labute approximate surface area is 210 Å². The van der Waals surface area contributed by atoms with E-state index in [1.165, 1.54) is 24.4 Å². The molecule has 2 aromatic carbocycles. The number of anilines is 2. The number of carbonyl (C=O) groups excluding carboxylic acids is 1. The highest BCUT2D eigenvalue weighted by atomic mass is 19.2. The van der Waals surface area contributed by atoms with Crippen molar-refractivity contribution in [2.45, 2.75) is 13.0 Å². The number of hydrogen-bond donors (Lipinski definition) is 2. The van der Waals surface area contributed by atoms with E-state index in [-0.39, 0.29) is 17.1 Å². The third-order valence-corrected chi connectivity index (χ3v) is 5.18. The first kappa shape index (κ1) is 25.6. The zero-order valence-corrected chi connectivity index (χ0v) is 20.1. The lowest BCUT2D eigenvalue weighted by atomic mass is 10.2. The van der Waals surface area contributed by atoms with Gasteiger partial charge < -0.3 is 24.8 Å². The van der Waals surface area contributed by atoms with Gasteiger partial charge in [-0.3, -0.25) is 4.98 Å². The molecule has 0 aliphatic carbocycles. The van der Waals surface area contributed by atoms with Crippen LogP contribution >= 0.6 is 0 Å². The standard InChI is InChI=1S/C25H24F3N7O2/c1-34(2)10-3-11-35-15-30-33-24(35)22-14-18(8-9-29-22)37-23-7-5-17(13-21(23)28)32-25(36)31-16-4-6-19(26)20(27)12-16/h4-9,12-15H,3,10-11H2,1-2H3,(H2,31,32,36). The zero-order chi connectivity index (χ0) is 26.4. The number of amides is 2. The Morgan fingerprint density at radius 3 is 2.41 bits per heavy atom. The summed E-state index contributed by atoms with van der Waals surface area (Å²) in [4.78, 5) is 18.6. The number of aryl methyl sites for hydroxylation is 1. The van der Waals surface area contributed by atoms with Crippen LogP contribution < -0.4 is 15.4 Å². The number of nitrogens with one attached hydrogen (secondary N) is 2. The predicted molar refractivity (Wildman–Crippen MR) is 132 cm³/mol. The fourth-order valence-corrected chi connectivity index (χ4v) is 3.43. The number of pyridine rings is 1. The number of aromatic nitrogens is 4. The minimum atomic E-state index is -1.10. The summed E-state index contributed by atoms with van der Waals surface area (Å²) >= 11 is 0. The van der Waals surface area contributed by atoms with Crippen LogP contribution in [0.25, 0.3) is 11.5 Å². The lowest BCUT2D eigenvalue weighted by Gasteiger charge is -2.12. The van der Waals surface area contributed by atoms with Gasteiger partial charge in [0.2, 0.25) is 0 Å². The molecule has 0 radical (unpaired) electrons. The molecule has 0 unspecified atom stereocenters. The lowest BCUT2D eigenvalue weighted by Crippen LogP contribution is -2.19. The van der Waals surface area contributed by atoms with Gasteiger partial charge in [0, 0.05) is 42.3 Å². The molecule has 4 rings (SSSR count). The van der Waals surface area contributed by atoms with Crippen LogP contribution in [0.2, 0.25) is 0 Å². The molecule has 37 heavy (non-hydrogen) atoms. The van der Waals surface area contributed by atoms with Crippen molar-refractivity contribution in [3.05, 3.63) is 78.5 Å². The Hall–Kier alpha value is -4.45. The summed E-state index contributed by atoms with van der Waals surface area (Å²) in [5.41, 5.74) is 0.692. The van der Waals surface area contributed by atoms with Gasteiger partial charge in [0.15, 0.2) is 29.0 Å². The first-order chi connectivity index (χ1) is 17.8. The number of nitrogens with zero attached hydrogens (tertiary/aromatic N) is 5. The maximum Gasteiger partial charge on any atom is 0.323 e. The molecule has 0 fully saturated rings. The van der Waals surface area contributed by atoms with Crippen molar-refractivity contribution in [3.63, 3.8) is 0 Å². The summed E-state index contributed by atoms with van der Waals surface area (Å²) in [6, 6.07) is 9.24. The normalized spacial score (nSPS) is 11.0. The highest BCUT2D eigenvalue weighted by Gasteiger charge is 2.13. The molecule has 0 aliphatic rings. The van der Waals surface area contributed by atoms with Crippen molar-refractivity contribution in [2.75, 3.05) is 31.3 Å². The van der Waals surface area contributed by atoms with Gasteiger partial charge in [-0.15, -0.1) is 10.2 Å². The minimum absolute atomic E-state index is 0.0406. The summed E-state index contributed by atoms with van der Waals surface area (Å²) in [5.74, 6) is -2.03. The summed E-state index contributed by atoms with van der Waals surface area (Å²) in [5, 5.41) is 12.9. The van der Waals surface area contributed by atoms with Gasteiger partial charge in [0.1, 0.15) is 17.8 Å². The van der Waals surface area contributed by atoms with Crippen LogP contribution in [0.5, 0.6) is 11.5 Å². The van der Waals surface area contributed by atoms with Crippen molar-refractivity contribution in [3.8, 4) is 23.0 Å². The van der Waals surface area contributed by atoms with Crippen molar-refractivity contribution in [1.29, 1.82) is 0 Å². The minimum Gasteiger partial charge on any atom is -0.454 e. The average molecular weight is 512 g/mol. The molecular weight excluding hydrogens is 487 g/mol. The van der Waals surface area contributed by atoms with Gasteiger partial charge in [0.25, 0.3) is 0 Å². The van der Waals surface area contributed by atoms with Crippen molar-refractivity contribution < 1.29 is 22.7 Å². The summed E-state index contributed by atoms with van der Waals surface area (Å²) in [7, 11) is 4.00. The molecule has 0 bridgehead atoms. The number of rotatable bonds is 9. The molecule has 2 heterocycles. The van der Waals surface area contributed by atoms with Crippen LogP contribution in [0.15, 0.2) is 61.1 Å². The Bertz CT molecular complexity index is 1390. The molecule has 0 saturated carbocycles. The van der Waals surface area contributed by atoms with E-state index in [0.717, 1.165) is 31.2 Å². The molecule has 4 aromatic rings. The molecular formula is C25H24F3N7O2. The van der Waals surface area contributed by atoms with Crippen LogP contribution in [0.3, 0.4) is 0 Å². The fourth-order valence-electron chi connectivity index (χ4n) is 3.43.